The molecule has 9 aromatic rings. The van der Waals surface area contributed by atoms with Gasteiger partial charge in [0.05, 0.1) is 44.1 Å². The number of aromatic nitrogens is 8. The van der Waals surface area contributed by atoms with E-state index in [1.54, 1.807) is 16.7 Å². The second-order valence-corrected chi connectivity index (χ2v) is 9.63. The molecule has 0 radical (unpaired) electrons. The van der Waals surface area contributed by atoms with Gasteiger partial charge in [0.1, 0.15) is 0 Å². The SMILES string of the molecule is [2H]C([2H])([2H])c1cccc2c1nc1n(-c3nnc(-n4c5ccccc5n5c6cccc(C)c6nc45)o3)c3ccccc3n21. The predicted molar refractivity (Wildman–Crippen MR) is 150 cm³/mol. The molecule has 9 rings (SSSR count). The van der Waals surface area contributed by atoms with Crippen LogP contribution in [0.4, 0.5) is 0 Å². The molecule has 0 atom stereocenters. The van der Waals surface area contributed by atoms with Crippen molar-refractivity contribution in [2.24, 2.45) is 0 Å². The van der Waals surface area contributed by atoms with Crippen LogP contribution in [0.15, 0.2) is 89.3 Å². The highest BCUT2D eigenvalue weighted by molar-refractivity contribution is 5.94. The summed E-state index contributed by atoms with van der Waals surface area (Å²) >= 11 is 0. The number of rotatable bonds is 2. The Morgan fingerprint density at radius 3 is 1.56 bits per heavy atom. The van der Waals surface area contributed by atoms with Crippen molar-refractivity contribution in [3.8, 4) is 12.0 Å². The van der Waals surface area contributed by atoms with Crippen molar-refractivity contribution < 1.29 is 8.53 Å². The molecule has 4 aromatic carbocycles. The van der Waals surface area contributed by atoms with Gasteiger partial charge in [-0.05, 0) is 61.3 Å². The van der Waals surface area contributed by atoms with E-state index in [1.807, 2.05) is 82.6 Å². The van der Waals surface area contributed by atoms with Gasteiger partial charge in [0.15, 0.2) is 0 Å². The summed E-state index contributed by atoms with van der Waals surface area (Å²) in [5.74, 6) is 1.13. The van der Waals surface area contributed by atoms with Gasteiger partial charge in [-0.2, -0.15) is 0 Å². The summed E-state index contributed by atoms with van der Waals surface area (Å²) < 4.78 is 38.2. The van der Waals surface area contributed by atoms with Crippen molar-refractivity contribution in [3.05, 3.63) is 96.1 Å². The second-order valence-electron chi connectivity index (χ2n) is 9.63. The third-order valence-electron chi connectivity index (χ3n) is 7.45. The molecule has 0 fully saturated rings. The fraction of sp³-hybridized carbons (Fsp3) is 0.0667. The minimum Gasteiger partial charge on any atom is -0.388 e. The molecule has 9 heteroatoms. The highest BCUT2D eigenvalue weighted by Gasteiger charge is 2.24. The Labute approximate surface area is 224 Å². The van der Waals surface area contributed by atoms with E-state index < -0.39 is 6.85 Å². The molecule has 0 aliphatic heterocycles. The van der Waals surface area contributed by atoms with E-state index in [-0.39, 0.29) is 17.6 Å². The van der Waals surface area contributed by atoms with Gasteiger partial charge in [-0.15, -0.1) is 0 Å². The number of hydrogen-bond donors (Lipinski definition) is 0. The van der Waals surface area contributed by atoms with Crippen LogP contribution in [0.5, 0.6) is 0 Å². The third kappa shape index (κ3) is 2.53. The predicted octanol–water partition coefficient (Wildman–Crippen LogP) is 6.18. The smallest absolute Gasteiger partial charge is 0.331 e. The molecule has 0 N–H and O–H groups in total. The number of nitrogens with zero attached hydrogens (tertiary/aromatic N) is 8. The summed E-state index contributed by atoms with van der Waals surface area (Å²) in [6.07, 6.45) is 0. The van der Waals surface area contributed by atoms with Crippen molar-refractivity contribution in [1.82, 2.24) is 38.1 Å². The Hall–Kier alpha value is -5.44. The second kappa shape index (κ2) is 7.11. The van der Waals surface area contributed by atoms with Gasteiger partial charge >= 0.3 is 12.0 Å². The highest BCUT2D eigenvalue weighted by Crippen LogP contribution is 2.32. The van der Waals surface area contributed by atoms with Crippen LogP contribution >= 0.6 is 0 Å². The van der Waals surface area contributed by atoms with E-state index in [2.05, 4.69) is 20.7 Å². The number of hydrogen-bond acceptors (Lipinski definition) is 5. The van der Waals surface area contributed by atoms with E-state index in [0.29, 0.717) is 22.6 Å². The maximum absolute atomic E-state index is 8.06. The standard InChI is InChI=1S/C30H20N8O/c1-17-9-7-15-23-25(17)31-27-35(23)19-11-3-5-13-21(19)37(27)29-33-34-30(39-29)38-22-14-6-4-12-20(22)36-24-16-8-10-18(2)26(24)32-28(36)38/h3-16H,1-2H3/i1D3. The first-order valence-corrected chi connectivity index (χ1v) is 12.5. The molecule has 0 saturated carbocycles. The fourth-order valence-electron chi connectivity index (χ4n) is 5.76. The molecule has 0 aliphatic rings. The van der Waals surface area contributed by atoms with Crippen LogP contribution in [-0.4, -0.2) is 38.1 Å². The maximum atomic E-state index is 8.06. The number of para-hydroxylation sites is 6. The van der Waals surface area contributed by atoms with Crippen LogP contribution in [0.3, 0.4) is 0 Å². The lowest BCUT2D eigenvalue weighted by Crippen LogP contribution is -1.96. The molecule has 0 saturated heterocycles. The first kappa shape index (κ1) is 17.9. The summed E-state index contributed by atoms with van der Waals surface area (Å²) in [5.41, 5.74) is 7.71. The molecule has 0 bridgehead atoms. The van der Waals surface area contributed by atoms with Crippen LogP contribution in [-0.2, 0) is 0 Å². The van der Waals surface area contributed by atoms with Crippen LogP contribution in [0.2, 0.25) is 0 Å². The van der Waals surface area contributed by atoms with E-state index >= 15 is 0 Å². The Balaban J connectivity index is 1.34. The first-order valence-electron chi connectivity index (χ1n) is 14.0. The van der Waals surface area contributed by atoms with Gasteiger partial charge in [-0.1, -0.05) is 58.7 Å². The topological polar surface area (TPSA) is 83.4 Å². The molecule has 0 aliphatic carbocycles. The van der Waals surface area contributed by atoms with Gasteiger partial charge in [-0.25, -0.2) is 19.1 Å². The summed E-state index contributed by atoms with van der Waals surface area (Å²) in [7, 11) is 0. The lowest BCUT2D eigenvalue weighted by atomic mass is 10.2. The van der Waals surface area contributed by atoms with Crippen LogP contribution < -0.4 is 0 Å². The normalized spacial score (nSPS) is 13.8. The van der Waals surface area contributed by atoms with Crippen LogP contribution in [0.25, 0.3) is 67.7 Å². The van der Waals surface area contributed by atoms with E-state index in [0.717, 1.165) is 38.7 Å². The van der Waals surface area contributed by atoms with Crippen LogP contribution in [0.1, 0.15) is 15.2 Å². The molecular formula is C30H20N8O. The lowest BCUT2D eigenvalue weighted by Gasteiger charge is -2.00. The molecule has 5 heterocycles. The van der Waals surface area contributed by atoms with Crippen molar-refractivity contribution in [1.29, 1.82) is 0 Å². The maximum Gasteiger partial charge on any atom is 0.331 e. The van der Waals surface area contributed by atoms with Gasteiger partial charge < -0.3 is 4.42 Å². The summed E-state index contributed by atoms with van der Waals surface area (Å²) in [5, 5.41) is 8.94. The minimum atomic E-state index is -2.32. The average molecular weight is 512 g/mol. The molecule has 5 aromatic heterocycles. The van der Waals surface area contributed by atoms with E-state index in [1.165, 1.54) is 0 Å². The molecule has 0 amide bonds. The van der Waals surface area contributed by atoms with E-state index in [4.69, 9.17) is 18.5 Å². The Morgan fingerprint density at radius 1 is 0.564 bits per heavy atom. The zero-order valence-electron chi connectivity index (χ0n) is 23.6. The number of imidazole rings is 4. The zero-order valence-corrected chi connectivity index (χ0v) is 20.6. The third-order valence-corrected chi connectivity index (χ3v) is 7.45. The molecule has 9 nitrogen and oxygen atoms in total. The molecule has 39 heavy (non-hydrogen) atoms. The average Bonchev–Trinajstić information content (AvgIpc) is 3.77. The van der Waals surface area contributed by atoms with Crippen molar-refractivity contribution in [2.75, 3.05) is 0 Å². The monoisotopic (exact) mass is 511 g/mol. The summed E-state index contributed by atoms with van der Waals surface area (Å²) in [6, 6.07) is 27.5. The Kier molecular flexibility index (Phi) is 3.26. The zero-order chi connectivity index (χ0) is 28.3. The highest BCUT2D eigenvalue weighted by atomic mass is 16.4. The Bertz CT molecular complexity index is 2540. The number of fused-ring (bicyclic) bond motifs is 10. The van der Waals surface area contributed by atoms with Gasteiger partial charge in [0, 0.05) is 4.11 Å². The molecule has 186 valence electrons. The van der Waals surface area contributed by atoms with E-state index in [9.17, 15) is 0 Å². The van der Waals surface area contributed by atoms with Gasteiger partial charge in [0.25, 0.3) is 0 Å². The van der Waals surface area contributed by atoms with Crippen LogP contribution in [0, 0.1) is 13.8 Å². The first-order chi connectivity index (χ1) is 20.4. The minimum absolute atomic E-state index is 0.188. The number of benzene rings is 4. The van der Waals surface area contributed by atoms with Gasteiger partial charge in [0.2, 0.25) is 11.6 Å². The Morgan fingerprint density at radius 2 is 1.03 bits per heavy atom. The van der Waals surface area contributed by atoms with Crippen molar-refractivity contribution in [3.63, 3.8) is 0 Å². The number of aryl methyl sites for hydroxylation is 2. The largest absolute Gasteiger partial charge is 0.388 e. The van der Waals surface area contributed by atoms with Gasteiger partial charge in [-0.3, -0.25) is 8.80 Å². The summed E-state index contributed by atoms with van der Waals surface area (Å²) in [4.78, 5) is 9.80. The summed E-state index contributed by atoms with van der Waals surface area (Å²) in [6.45, 7) is -0.273. The molecular weight excluding hydrogens is 488 g/mol. The van der Waals surface area contributed by atoms with Crippen molar-refractivity contribution >= 4 is 55.7 Å². The van der Waals surface area contributed by atoms with Crippen molar-refractivity contribution in [2.45, 2.75) is 13.8 Å². The molecule has 0 unspecified atom stereocenters. The fourth-order valence-corrected chi connectivity index (χ4v) is 5.76. The lowest BCUT2D eigenvalue weighted by molar-refractivity contribution is 0.512. The molecule has 0 spiro atoms. The quantitative estimate of drug-likeness (QED) is 0.277.